The fourth-order valence-electron chi connectivity index (χ4n) is 12.2. The van der Waals surface area contributed by atoms with Crippen molar-refractivity contribution in [1.29, 1.82) is 0 Å². The summed E-state index contributed by atoms with van der Waals surface area (Å²) in [5, 5.41) is 2.33. The number of aryl methyl sites for hydroxylation is 3. The minimum atomic E-state index is 0.447. The summed E-state index contributed by atoms with van der Waals surface area (Å²) >= 11 is 0. The molecule has 3 unspecified atom stereocenters. The molecule has 9 aromatic rings. The molecule has 0 aliphatic heterocycles. The van der Waals surface area contributed by atoms with Crippen molar-refractivity contribution < 1.29 is 4.74 Å². The Kier molecular flexibility index (Phi) is 11.6. The Labute approximate surface area is 409 Å². The number of hydrogen-bond donors (Lipinski definition) is 0. The van der Waals surface area contributed by atoms with Gasteiger partial charge in [-0.05, 0) is 198 Å². The molecule has 3 aromatic heterocycles. The highest BCUT2D eigenvalue weighted by Gasteiger charge is 2.44. The van der Waals surface area contributed by atoms with E-state index in [4.69, 9.17) is 14.7 Å². The Hall–Kier alpha value is -6.78. The lowest BCUT2D eigenvalue weighted by molar-refractivity contribution is 0.0289. The molecule has 69 heavy (non-hydrogen) atoms. The molecule has 2 saturated carbocycles. The van der Waals surface area contributed by atoms with Crippen LogP contribution in [-0.2, 0) is 0 Å². The van der Waals surface area contributed by atoms with Crippen LogP contribution in [0.5, 0.6) is 11.5 Å². The number of rotatable bonds is 9. The average molecular weight is 904 g/mol. The van der Waals surface area contributed by atoms with Gasteiger partial charge in [0.1, 0.15) is 17.3 Å². The Bertz CT molecular complexity index is 3320. The molecule has 2 aliphatic rings. The molecule has 0 N–H and O–H groups in total. The molecular weight excluding hydrogens is 839 g/mol. The van der Waals surface area contributed by atoms with Gasteiger partial charge < -0.3 is 4.74 Å². The van der Waals surface area contributed by atoms with Crippen molar-refractivity contribution in [3.05, 3.63) is 186 Å². The molecule has 2 fully saturated rings. The molecule has 3 heterocycles. The number of pyridine rings is 2. The smallest absolute Gasteiger partial charge is 0.137 e. The SMILES string of the molecule is Cc1cnc(-n2c3ccc(-c4ccc(-c5ccc(-c6ccccc6)cc5)cc4)cc3c3ccc(Oc4cccc(-c5cc(C6CCC(C)(C7CCC(C)(C)CC7)CC6C)c(C)cn5)c4)cc32)cc1C. The first-order chi connectivity index (χ1) is 33.4. The van der Waals surface area contributed by atoms with Gasteiger partial charge in [0.2, 0.25) is 0 Å². The minimum absolute atomic E-state index is 0.447. The van der Waals surface area contributed by atoms with E-state index in [0.717, 1.165) is 50.9 Å². The van der Waals surface area contributed by atoms with Crippen molar-refractivity contribution in [1.82, 2.24) is 14.5 Å². The van der Waals surface area contributed by atoms with Crippen LogP contribution in [-0.4, -0.2) is 14.5 Å². The Balaban J connectivity index is 0.869. The van der Waals surface area contributed by atoms with Gasteiger partial charge in [0.05, 0.1) is 16.7 Å². The van der Waals surface area contributed by atoms with Crippen LogP contribution in [0.1, 0.15) is 101 Å². The second-order valence-corrected chi connectivity index (χ2v) is 21.9. The molecule has 0 saturated heterocycles. The highest BCUT2D eigenvalue weighted by Crippen LogP contribution is 2.55. The molecule has 0 radical (unpaired) electrons. The lowest BCUT2D eigenvalue weighted by atomic mass is 9.56. The zero-order valence-electron chi connectivity index (χ0n) is 41.5. The highest BCUT2D eigenvalue weighted by molar-refractivity contribution is 6.10. The maximum atomic E-state index is 6.77. The third-order valence-corrected chi connectivity index (χ3v) is 16.6. The first-order valence-electron chi connectivity index (χ1n) is 25.4. The van der Waals surface area contributed by atoms with Crippen molar-refractivity contribution >= 4 is 21.8 Å². The molecule has 4 heteroatoms. The Morgan fingerprint density at radius 3 is 1.81 bits per heavy atom. The van der Waals surface area contributed by atoms with E-state index in [1.807, 2.05) is 6.20 Å². The summed E-state index contributed by atoms with van der Waals surface area (Å²) in [5.41, 5.74) is 17.6. The number of benzene rings is 6. The zero-order chi connectivity index (χ0) is 47.4. The van der Waals surface area contributed by atoms with Crippen LogP contribution < -0.4 is 4.74 Å². The largest absolute Gasteiger partial charge is 0.457 e. The Morgan fingerprint density at radius 1 is 0.507 bits per heavy atom. The normalized spacial score (nSPS) is 19.5. The topological polar surface area (TPSA) is 39.9 Å². The summed E-state index contributed by atoms with van der Waals surface area (Å²) in [6.07, 6.45) is 13.5. The van der Waals surface area contributed by atoms with Crippen molar-refractivity contribution in [2.75, 3.05) is 0 Å². The molecule has 3 atom stereocenters. The molecule has 346 valence electrons. The van der Waals surface area contributed by atoms with Crippen LogP contribution in [0.25, 0.3) is 72.3 Å². The van der Waals surface area contributed by atoms with Gasteiger partial charge >= 0.3 is 0 Å². The van der Waals surface area contributed by atoms with Crippen LogP contribution >= 0.6 is 0 Å². The summed E-state index contributed by atoms with van der Waals surface area (Å²) in [7, 11) is 0. The molecule has 0 bridgehead atoms. The van der Waals surface area contributed by atoms with Crippen LogP contribution in [0, 0.1) is 43.4 Å². The average Bonchev–Trinajstić information content (AvgIpc) is 3.68. The van der Waals surface area contributed by atoms with E-state index >= 15 is 0 Å². The minimum Gasteiger partial charge on any atom is -0.457 e. The van der Waals surface area contributed by atoms with Gasteiger partial charge in [-0.3, -0.25) is 9.55 Å². The lowest BCUT2D eigenvalue weighted by Crippen LogP contribution is -2.38. The van der Waals surface area contributed by atoms with E-state index in [1.165, 1.54) is 106 Å². The molecule has 11 rings (SSSR count). The van der Waals surface area contributed by atoms with Gasteiger partial charge in [0.25, 0.3) is 0 Å². The monoisotopic (exact) mass is 904 g/mol. The molecule has 2 aliphatic carbocycles. The first-order valence-corrected chi connectivity index (χ1v) is 25.4. The van der Waals surface area contributed by atoms with Crippen LogP contribution in [0.15, 0.2) is 164 Å². The van der Waals surface area contributed by atoms with Gasteiger partial charge in [-0.25, -0.2) is 4.98 Å². The summed E-state index contributed by atoms with van der Waals surface area (Å²) in [6.45, 7) is 16.6. The second kappa shape index (κ2) is 17.9. The summed E-state index contributed by atoms with van der Waals surface area (Å²) in [5.74, 6) is 4.51. The first kappa shape index (κ1) is 44.7. The number of aromatic nitrogens is 3. The maximum Gasteiger partial charge on any atom is 0.137 e. The van der Waals surface area contributed by atoms with Gasteiger partial charge in [-0.2, -0.15) is 0 Å². The fourth-order valence-corrected chi connectivity index (χ4v) is 12.2. The fraction of sp³-hybridized carbons (Fsp3) is 0.292. The number of fused-ring (bicyclic) bond motifs is 3. The van der Waals surface area contributed by atoms with E-state index in [-0.39, 0.29) is 0 Å². The maximum absolute atomic E-state index is 6.77. The van der Waals surface area contributed by atoms with E-state index in [0.29, 0.717) is 22.7 Å². The molecule has 6 aromatic carbocycles. The standard InChI is InChI=1S/C65H65N3O/c1-42-34-63(67-40-44(42)3)68-61-27-24-51(50-22-20-49(21-23-50)48-18-16-47(17-19-48)46-12-9-8-10-13-46)36-59(61)57-26-25-55(37-62(57)68)69-54-15-11-14-52(35-54)60-38-58(45(4)41-66-60)56-30-33-65(7,39-43(56)2)53-28-31-64(5,6)32-29-53/h8-27,34-38,40-41,43,53,56H,28-33,39H2,1-7H3. The van der Waals surface area contributed by atoms with Crippen LogP contribution in [0.2, 0.25) is 0 Å². The zero-order valence-corrected chi connectivity index (χ0v) is 41.5. The summed E-state index contributed by atoms with van der Waals surface area (Å²) in [6, 6.07) is 54.7. The van der Waals surface area contributed by atoms with Crippen molar-refractivity contribution in [3.63, 3.8) is 0 Å². The van der Waals surface area contributed by atoms with E-state index < -0.39 is 0 Å². The van der Waals surface area contributed by atoms with Gasteiger partial charge in [0, 0.05) is 34.8 Å². The van der Waals surface area contributed by atoms with Gasteiger partial charge in [-0.1, -0.05) is 125 Å². The predicted octanol–water partition coefficient (Wildman–Crippen LogP) is 18.1. The molecular formula is C65H65N3O. The highest BCUT2D eigenvalue weighted by atomic mass is 16.5. The van der Waals surface area contributed by atoms with E-state index in [1.54, 1.807) is 0 Å². The molecule has 4 nitrogen and oxygen atoms in total. The summed E-state index contributed by atoms with van der Waals surface area (Å²) < 4.78 is 9.05. The van der Waals surface area contributed by atoms with Crippen molar-refractivity contribution in [3.8, 4) is 62.0 Å². The van der Waals surface area contributed by atoms with Crippen LogP contribution in [0.3, 0.4) is 0 Å². The van der Waals surface area contributed by atoms with Crippen molar-refractivity contribution in [2.24, 2.45) is 22.7 Å². The van der Waals surface area contributed by atoms with Gasteiger partial charge in [-0.15, -0.1) is 0 Å². The summed E-state index contributed by atoms with van der Waals surface area (Å²) in [4.78, 5) is 9.99. The van der Waals surface area contributed by atoms with Crippen LogP contribution in [0.4, 0.5) is 0 Å². The quantitative estimate of drug-likeness (QED) is 0.145. The van der Waals surface area contributed by atoms with Gasteiger partial charge in [0.15, 0.2) is 0 Å². The third-order valence-electron chi connectivity index (χ3n) is 16.6. The van der Waals surface area contributed by atoms with E-state index in [2.05, 4.69) is 211 Å². The Morgan fingerprint density at radius 2 is 1.13 bits per heavy atom. The third kappa shape index (κ3) is 8.80. The second-order valence-electron chi connectivity index (χ2n) is 21.9. The number of nitrogens with zero attached hydrogens (tertiary/aromatic N) is 3. The number of hydrogen-bond acceptors (Lipinski definition) is 3. The predicted molar refractivity (Wildman–Crippen MR) is 288 cm³/mol. The number of ether oxygens (including phenoxy) is 1. The molecule has 0 spiro atoms. The van der Waals surface area contributed by atoms with Crippen molar-refractivity contribution in [2.45, 2.75) is 99.3 Å². The molecule has 0 amide bonds. The lowest BCUT2D eigenvalue weighted by Gasteiger charge is -2.49. The van der Waals surface area contributed by atoms with E-state index in [9.17, 15) is 0 Å².